The fourth-order valence-electron chi connectivity index (χ4n) is 2.76. The van der Waals surface area contributed by atoms with E-state index in [0.29, 0.717) is 5.56 Å². The number of carbonyl (C=O) groups excluding carboxylic acids is 1. The Morgan fingerprint density at radius 1 is 1.03 bits per heavy atom. The Hall–Kier alpha value is -2.97. The van der Waals surface area contributed by atoms with Crippen molar-refractivity contribution in [2.45, 2.75) is 38.6 Å². The third kappa shape index (κ3) is 4.38. The summed E-state index contributed by atoms with van der Waals surface area (Å²) in [6, 6.07) is 9.83. The molecule has 1 aromatic heterocycles. The quantitative estimate of drug-likeness (QED) is 0.390. The van der Waals surface area contributed by atoms with Crippen LogP contribution in [0, 0.1) is 20.8 Å². The van der Waals surface area contributed by atoms with Crippen molar-refractivity contribution in [2.24, 2.45) is 0 Å². The summed E-state index contributed by atoms with van der Waals surface area (Å²) >= 11 is 0. The molecule has 0 saturated heterocycles. The molecule has 0 fully saturated rings. The summed E-state index contributed by atoms with van der Waals surface area (Å²) < 4.78 is 37.7. The van der Waals surface area contributed by atoms with Gasteiger partial charge in [0.05, 0.1) is 4.90 Å². The first-order chi connectivity index (χ1) is 13.6. The predicted octanol–water partition coefficient (Wildman–Crippen LogP) is 2.99. The first kappa shape index (κ1) is 20.8. The molecule has 0 unspecified atom stereocenters. The fourth-order valence-corrected chi connectivity index (χ4v) is 3.95. The van der Waals surface area contributed by atoms with Gasteiger partial charge in [0.25, 0.3) is 0 Å². The normalized spacial score (nSPS) is 12.7. The lowest BCUT2D eigenvalue weighted by Gasteiger charge is -2.14. The lowest BCUT2D eigenvalue weighted by Crippen LogP contribution is -2.40. The van der Waals surface area contributed by atoms with Crippen LogP contribution < -0.4 is 15.1 Å². The van der Waals surface area contributed by atoms with Gasteiger partial charge in [0.15, 0.2) is 0 Å². The summed E-state index contributed by atoms with van der Waals surface area (Å²) in [5.74, 6) is -0.637. The summed E-state index contributed by atoms with van der Waals surface area (Å²) in [4.78, 5) is 24.3. The largest absolute Gasteiger partial charge is 0.425 e. The molecule has 0 saturated carbocycles. The average Bonchev–Trinajstić information content (AvgIpc) is 2.66. The number of esters is 1. The highest BCUT2D eigenvalue weighted by atomic mass is 32.2. The second-order valence-corrected chi connectivity index (χ2v) is 8.59. The number of benzene rings is 2. The van der Waals surface area contributed by atoms with Gasteiger partial charge in [-0.3, -0.25) is 0 Å². The minimum Gasteiger partial charge on any atom is -0.425 e. The van der Waals surface area contributed by atoms with Crippen molar-refractivity contribution >= 4 is 27.0 Å². The van der Waals surface area contributed by atoms with Crippen LogP contribution in [0.15, 0.2) is 56.6 Å². The van der Waals surface area contributed by atoms with Crippen molar-refractivity contribution < 1.29 is 22.4 Å². The van der Waals surface area contributed by atoms with Crippen molar-refractivity contribution in [1.29, 1.82) is 0 Å². The van der Waals surface area contributed by atoms with Gasteiger partial charge in [-0.2, -0.15) is 4.72 Å². The molecular weight excluding hydrogens is 394 g/mol. The van der Waals surface area contributed by atoms with Gasteiger partial charge in [0.1, 0.15) is 17.4 Å². The molecule has 3 aromatic rings. The van der Waals surface area contributed by atoms with Crippen molar-refractivity contribution in [1.82, 2.24) is 4.72 Å². The molecule has 0 bridgehead atoms. The van der Waals surface area contributed by atoms with Crippen LogP contribution in [0.3, 0.4) is 0 Å². The zero-order chi connectivity index (χ0) is 21.3. The van der Waals surface area contributed by atoms with E-state index in [1.807, 2.05) is 13.8 Å². The van der Waals surface area contributed by atoms with Crippen LogP contribution >= 0.6 is 0 Å². The molecule has 0 aliphatic carbocycles. The first-order valence-corrected chi connectivity index (χ1v) is 10.4. The number of ether oxygens (including phenoxy) is 1. The summed E-state index contributed by atoms with van der Waals surface area (Å²) in [7, 11) is -3.87. The number of hydrogen-bond donors (Lipinski definition) is 1. The summed E-state index contributed by atoms with van der Waals surface area (Å²) in [5.41, 5.74) is 2.05. The molecule has 0 spiro atoms. The van der Waals surface area contributed by atoms with E-state index in [4.69, 9.17) is 9.15 Å². The molecule has 1 N–H and O–H groups in total. The van der Waals surface area contributed by atoms with E-state index in [1.54, 1.807) is 31.2 Å². The van der Waals surface area contributed by atoms with Gasteiger partial charge < -0.3 is 9.15 Å². The van der Waals surface area contributed by atoms with Gasteiger partial charge >= 0.3 is 11.6 Å². The minimum atomic E-state index is -3.87. The van der Waals surface area contributed by atoms with Gasteiger partial charge in [-0.15, -0.1) is 0 Å². The molecular formula is C21H21NO6S. The van der Waals surface area contributed by atoms with Gasteiger partial charge in [0.2, 0.25) is 10.0 Å². The fraction of sp³-hybridized carbons (Fsp3) is 0.238. The maximum absolute atomic E-state index is 12.4. The van der Waals surface area contributed by atoms with Crippen LogP contribution in [0.2, 0.25) is 0 Å². The first-order valence-electron chi connectivity index (χ1n) is 8.93. The van der Waals surface area contributed by atoms with Crippen molar-refractivity contribution in [2.75, 3.05) is 0 Å². The van der Waals surface area contributed by atoms with E-state index < -0.39 is 27.7 Å². The Morgan fingerprint density at radius 2 is 1.69 bits per heavy atom. The molecule has 29 heavy (non-hydrogen) atoms. The Balaban J connectivity index is 1.78. The third-order valence-electron chi connectivity index (χ3n) is 4.66. The van der Waals surface area contributed by atoms with Crippen molar-refractivity contribution in [3.8, 4) is 5.75 Å². The molecule has 1 atom stereocenters. The number of sulfonamides is 1. The molecule has 152 valence electrons. The zero-order valence-corrected chi connectivity index (χ0v) is 17.3. The number of nitrogens with one attached hydrogen (secondary N) is 1. The standard InChI is InChI=1S/C21H21NO6S/c1-12-5-8-17(9-6-12)29(25,26)22-15(4)21(24)27-16-7-10-18-13(2)14(3)20(23)28-19(18)11-16/h5-11,15,22H,1-4H3/t15-/m0/s1. The highest BCUT2D eigenvalue weighted by Gasteiger charge is 2.23. The molecule has 7 nitrogen and oxygen atoms in total. The van der Waals surface area contributed by atoms with Crippen LogP contribution in [0.4, 0.5) is 0 Å². The molecule has 0 aliphatic heterocycles. The van der Waals surface area contributed by atoms with Crippen LogP contribution in [0.5, 0.6) is 5.75 Å². The second-order valence-electron chi connectivity index (χ2n) is 6.87. The summed E-state index contributed by atoms with van der Waals surface area (Å²) in [5, 5.41) is 0.732. The molecule has 8 heteroatoms. The van der Waals surface area contributed by atoms with Gasteiger partial charge in [-0.25, -0.2) is 18.0 Å². The number of fused-ring (bicyclic) bond motifs is 1. The molecule has 0 amide bonds. The summed E-state index contributed by atoms with van der Waals surface area (Å²) in [6.45, 7) is 6.72. The molecule has 0 radical (unpaired) electrons. The lowest BCUT2D eigenvalue weighted by atomic mass is 10.1. The lowest BCUT2D eigenvalue weighted by molar-refractivity contribution is -0.135. The molecule has 0 aliphatic rings. The third-order valence-corrected chi connectivity index (χ3v) is 6.22. The SMILES string of the molecule is Cc1ccc(S(=O)(=O)N[C@@H](C)C(=O)Oc2ccc3c(C)c(C)c(=O)oc3c2)cc1. The van der Waals surface area contributed by atoms with Gasteiger partial charge in [0, 0.05) is 17.0 Å². The van der Waals surface area contributed by atoms with Crippen LogP contribution in [-0.4, -0.2) is 20.4 Å². The Bertz CT molecular complexity index is 1240. The van der Waals surface area contributed by atoms with E-state index in [2.05, 4.69) is 4.72 Å². The smallest absolute Gasteiger partial charge is 0.339 e. The van der Waals surface area contributed by atoms with Gasteiger partial charge in [-0.1, -0.05) is 17.7 Å². The van der Waals surface area contributed by atoms with Crippen molar-refractivity contribution in [3.63, 3.8) is 0 Å². The highest BCUT2D eigenvalue weighted by molar-refractivity contribution is 7.89. The minimum absolute atomic E-state index is 0.0566. The maximum Gasteiger partial charge on any atom is 0.339 e. The molecule has 3 rings (SSSR count). The predicted molar refractivity (Wildman–Crippen MR) is 109 cm³/mol. The van der Waals surface area contributed by atoms with Crippen LogP contribution in [0.1, 0.15) is 23.6 Å². The number of rotatable bonds is 5. The monoisotopic (exact) mass is 415 g/mol. The van der Waals surface area contributed by atoms with E-state index in [1.165, 1.54) is 25.1 Å². The van der Waals surface area contributed by atoms with Gasteiger partial charge in [-0.05, 0) is 57.5 Å². The Morgan fingerprint density at radius 3 is 2.34 bits per heavy atom. The topological polar surface area (TPSA) is 103 Å². The van der Waals surface area contributed by atoms with Crippen molar-refractivity contribution in [3.05, 3.63) is 69.6 Å². The van der Waals surface area contributed by atoms with E-state index >= 15 is 0 Å². The highest BCUT2D eigenvalue weighted by Crippen LogP contribution is 2.24. The second kappa shape index (κ2) is 7.81. The molecule has 1 heterocycles. The Kier molecular flexibility index (Phi) is 5.59. The summed E-state index contributed by atoms with van der Waals surface area (Å²) in [6.07, 6.45) is 0. The maximum atomic E-state index is 12.4. The Labute approximate surface area is 168 Å². The van der Waals surface area contributed by atoms with E-state index in [9.17, 15) is 18.0 Å². The zero-order valence-electron chi connectivity index (χ0n) is 16.5. The van der Waals surface area contributed by atoms with Crippen LogP contribution in [-0.2, 0) is 14.8 Å². The van der Waals surface area contributed by atoms with E-state index in [-0.39, 0.29) is 16.2 Å². The number of hydrogen-bond acceptors (Lipinski definition) is 6. The number of aryl methyl sites for hydroxylation is 2. The van der Waals surface area contributed by atoms with E-state index in [0.717, 1.165) is 16.5 Å². The van der Waals surface area contributed by atoms with Crippen LogP contribution in [0.25, 0.3) is 11.0 Å². The molecule has 2 aromatic carbocycles. The average molecular weight is 415 g/mol. The number of carbonyl (C=O) groups is 1.